The number of hydrogen-bond acceptors (Lipinski definition) is 3. The molecule has 2 rings (SSSR count). The highest BCUT2D eigenvalue weighted by Gasteiger charge is 2.35. The number of hydrogen-bond donors (Lipinski definition) is 1. The van der Waals surface area contributed by atoms with Crippen LogP contribution in [0.5, 0.6) is 0 Å². The Morgan fingerprint density at radius 2 is 2.37 bits per heavy atom. The van der Waals surface area contributed by atoms with Gasteiger partial charge in [0, 0.05) is 36.9 Å². The number of carbonyl (C=O) groups excluding carboxylic acids is 1. The van der Waals surface area contributed by atoms with E-state index in [0.29, 0.717) is 13.0 Å². The SMILES string of the molecule is CC1(C)CCC(N)CN1C(=O)CCc1cccnc1. The van der Waals surface area contributed by atoms with E-state index in [1.165, 1.54) is 0 Å². The van der Waals surface area contributed by atoms with Crippen LogP contribution in [0.3, 0.4) is 0 Å². The molecule has 4 heteroatoms. The van der Waals surface area contributed by atoms with E-state index in [1.54, 1.807) is 6.20 Å². The normalized spacial score (nSPS) is 22.3. The summed E-state index contributed by atoms with van der Waals surface area (Å²) in [5.74, 6) is 0.198. The van der Waals surface area contributed by atoms with Crippen LogP contribution in [0.15, 0.2) is 24.5 Å². The second-order valence-corrected chi connectivity index (χ2v) is 5.98. The largest absolute Gasteiger partial charge is 0.336 e. The molecule has 1 aliphatic rings. The van der Waals surface area contributed by atoms with Crippen molar-refractivity contribution in [3.63, 3.8) is 0 Å². The van der Waals surface area contributed by atoms with Crippen LogP contribution in [0, 0.1) is 0 Å². The van der Waals surface area contributed by atoms with Gasteiger partial charge in [-0.05, 0) is 44.7 Å². The lowest BCUT2D eigenvalue weighted by Crippen LogP contribution is -2.56. The molecule has 1 amide bonds. The van der Waals surface area contributed by atoms with Gasteiger partial charge in [0.15, 0.2) is 0 Å². The minimum Gasteiger partial charge on any atom is -0.336 e. The fourth-order valence-corrected chi connectivity index (χ4v) is 2.62. The van der Waals surface area contributed by atoms with E-state index in [-0.39, 0.29) is 17.5 Å². The van der Waals surface area contributed by atoms with Gasteiger partial charge in [-0.1, -0.05) is 6.07 Å². The number of nitrogens with zero attached hydrogens (tertiary/aromatic N) is 2. The summed E-state index contributed by atoms with van der Waals surface area (Å²) < 4.78 is 0. The third-order valence-electron chi connectivity index (χ3n) is 3.93. The van der Waals surface area contributed by atoms with Gasteiger partial charge < -0.3 is 10.6 Å². The van der Waals surface area contributed by atoms with Crippen molar-refractivity contribution in [3.8, 4) is 0 Å². The van der Waals surface area contributed by atoms with Crippen molar-refractivity contribution < 1.29 is 4.79 Å². The first kappa shape index (κ1) is 14.0. The van der Waals surface area contributed by atoms with Gasteiger partial charge in [-0.25, -0.2) is 0 Å². The molecule has 1 aliphatic heterocycles. The molecular formula is C15H23N3O. The zero-order valence-corrected chi connectivity index (χ0v) is 11.8. The zero-order valence-electron chi connectivity index (χ0n) is 11.8. The molecule has 1 atom stereocenters. The van der Waals surface area contributed by atoms with Crippen molar-refractivity contribution in [1.82, 2.24) is 9.88 Å². The molecule has 4 nitrogen and oxygen atoms in total. The topological polar surface area (TPSA) is 59.2 Å². The van der Waals surface area contributed by atoms with Gasteiger partial charge in [0.2, 0.25) is 5.91 Å². The number of nitrogens with two attached hydrogens (primary N) is 1. The first-order valence-corrected chi connectivity index (χ1v) is 6.94. The fourth-order valence-electron chi connectivity index (χ4n) is 2.62. The third kappa shape index (κ3) is 3.53. The van der Waals surface area contributed by atoms with Crippen LogP contribution in [-0.4, -0.2) is 33.9 Å². The van der Waals surface area contributed by atoms with E-state index in [4.69, 9.17) is 5.73 Å². The molecule has 1 unspecified atom stereocenters. The van der Waals surface area contributed by atoms with E-state index in [9.17, 15) is 4.79 Å². The molecule has 0 bridgehead atoms. The summed E-state index contributed by atoms with van der Waals surface area (Å²) in [6, 6.07) is 4.03. The maximum absolute atomic E-state index is 12.4. The summed E-state index contributed by atoms with van der Waals surface area (Å²) in [7, 11) is 0. The first-order valence-electron chi connectivity index (χ1n) is 6.94. The molecule has 0 saturated carbocycles. The van der Waals surface area contributed by atoms with Gasteiger partial charge >= 0.3 is 0 Å². The first-order chi connectivity index (χ1) is 8.99. The lowest BCUT2D eigenvalue weighted by Gasteiger charge is -2.45. The molecular weight excluding hydrogens is 238 g/mol. The number of amides is 1. The minimum atomic E-state index is -0.0676. The van der Waals surface area contributed by atoms with Gasteiger partial charge in [-0.15, -0.1) is 0 Å². The average Bonchev–Trinajstić information content (AvgIpc) is 2.40. The number of carbonyl (C=O) groups is 1. The highest BCUT2D eigenvalue weighted by Crippen LogP contribution is 2.27. The van der Waals surface area contributed by atoms with Crippen LogP contribution < -0.4 is 5.73 Å². The molecule has 1 saturated heterocycles. The zero-order chi connectivity index (χ0) is 13.9. The lowest BCUT2D eigenvalue weighted by atomic mass is 9.88. The van der Waals surface area contributed by atoms with Crippen LogP contribution >= 0.6 is 0 Å². The van der Waals surface area contributed by atoms with Crippen LogP contribution in [0.1, 0.15) is 38.7 Å². The predicted molar refractivity (Wildman–Crippen MR) is 75.6 cm³/mol. The van der Waals surface area contributed by atoms with E-state index in [1.807, 2.05) is 23.2 Å². The number of aromatic nitrogens is 1. The van der Waals surface area contributed by atoms with E-state index < -0.39 is 0 Å². The average molecular weight is 261 g/mol. The smallest absolute Gasteiger partial charge is 0.223 e. The molecule has 0 aliphatic carbocycles. The Balaban J connectivity index is 1.95. The van der Waals surface area contributed by atoms with Crippen molar-refractivity contribution >= 4 is 5.91 Å². The van der Waals surface area contributed by atoms with Crippen LogP contribution in [-0.2, 0) is 11.2 Å². The molecule has 0 radical (unpaired) electrons. The molecule has 19 heavy (non-hydrogen) atoms. The fraction of sp³-hybridized carbons (Fsp3) is 0.600. The van der Waals surface area contributed by atoms with Crippen LogP contribution in [0.4, 0.5) is 0 Å². The maximum atomic E-state index is 12.4. The Morgan fingerprint density at radius 3 is 3.05 bits per heavy atom. The highest BCUT2D eigenvalue weighted by molar-refractivity contribution is 5.77. The number of rotatable bonds is 3. The monoisotopic (exact) mass is 261 g/mol. The van der Waals surface area contributed by atoms with Gasteiger partial charge in [0.25, 0.3) is 0 Å². The van der Waals surface area contributed by atoms with Gasteiger partial charge in [0.1, 0.15) is 0 Å². The summed E-state index contributed by atoms with van der Waals surface area (Å²) in [4.78, 5) is 18.4. The molecule has 1 aromatic rings. The molecule has 0 aromatic carbocycles. The predicted octanol–water partition coefficient (Wildman–Crippen LogP) is 1.74. The van der Waals surface area contributed by atoms with Crippen molar-refractivity contribution in [2.24, 2.45) is 5.73 Å². The Morgan fingerprint density at radius 1 is 1.58 bits per heavy atom. The summed E-state index contributed by atoms with van der Waals surface area (Å²) in [5, 5.41) is 0. The van der Waals surface area contributed by atoms with Crippen LogP contribution in [0.25, 0.3) is 0 Å². The standard InChI is InChI=1S/C15H23N3O/c1-15(2)8-7-13(16)11-18(15)14(19)6-5-12-4-3-9-17-10-12/h3-4,9-10,13H,5-8,11,16H2,1-2H3. The molecule has 1 aromatic heterocycles. The Kier molecular flexibility index (Phi) is 4.20. The molecule has 2 heterocycles. The van der Waals surface area contributed by atoms with Gasteiger partial charge in [-0.3, -0.25) is 9.78 Å². The van der Waals surface area contributed by atoms with Gasteiger partial charge in [0.05, 0.1) is 0 Å². The number of pyridine rings is 1. The lowest BCUT2D eigenvalue weighted by molar-refractivity contribution is -0.138. The van der Waals surface area contributed by atoms with E-state index >= 15 is 0 Å². The van der Waals surface area contributed by atoms with Gasteiger partial charge in [-0.2, -0.15) is 0 Å². The second-order valence-electron chi connectivity index (χ2n) is 5.98. The van der Waals surface area contributed by atoms with Crippen LogP contribution in [0.2, 0.25) is 0 Å². The highest BCUT2D eigenvalue weighted by atomic mass is 16.2. The van der Waals surface area contributed by atoms with E-state index in [2.05, 4.69) is 18.8 Å². The number of aryl methyl sites for hydroxylation is 1. The third-order valence-corrected chi connectivity index (χ3v) is 3.93. The van der Waals surface area contributed by atoms with Crippen molar-refractivity contribution in [2.75, 3.05) is 6.54 Å². The van der Waals surface area contributed by atoms with Crippen molar-refractivity contribution in [3.05, 3.63) is 30.1 Å². The number of piperidine rings is 1. The summed E-state index contributed by atoms with van der Waals surface area (Å²) in [6.45, 7) is 4.93. The Hall–Kier alpha value is -1.42. The Labute approximate surface area is 115 Å². The molecule has 1 fully saturated rings. The molecule has 2 N–H and O–H groups in total. The van der Waals surface area contributed by atoms with Crippen molar-refractivity contribution in [2.45, 2.75) is 51.1 Å². The quantitative estimate of drug-likeness (QED) is 0.901. The second kappa shape index (κ2) is 5.70. The molecule has 104 valence electrons. The minimum absolute atomic E-state index is 0.0676. The summed E-state index contributed by atoms with van der Waals surface area (Å²) in [5.41, 5.74) is 7.03. The Bertz CT molecular complexity index is 430. The van der Waals surface area contributed by atoms with E-state index in [0.717, 1.165) is 24.8 Å². The summed E-state index contributed by atoms with van der Waals surface area (Å²) >= 11 is 0. The number of likely N-dealkylation sites (tertiary alicyclic amines) is 1. The van der Waals surface area contributed by atoms with Crippen molar-refractivity contribution in [1.29, 1.82) is 0 Å². The molecule has 0 spiro atoms. The summed E-state index contributed by atoms with van der Waals surface area (Å²) in [6.07, 6.45) is 6.82. The maximum Gasteiger partial charge on any atom is 0.223 e.